The van der Waals surface area contributed by atoms with Gasteiger partial charge in [-0.05, 0) is 46.2 Å². The van der Waals surface area contributed by atoms with Gasteiger partial charge in [0.15, 0.2) is 0 Å². The first-order valence-electron chi connectivity index (χ1n) is 11.5. The van der Waals surface area contributed by atoms with E-state index in [9.17, 15) is 0 Å². The molecule has 30 heavy (non-hydrogen) atoms. The van der Waals surface area contributed by atoms with Crippen LogP contribution in [0.15, 0.2) is 60.2 Å². The maximum atomic E-state index is 2.62. The minimum atomic E-state index is -1.32. The minimum absolute atomic E-state index is 0.618. The van der Waals surface area contributed by atoms with Crippen LogP contribution in [0.5, 0.6) is 0 Å². The quantitative estimate of drug-likeness (QED) is 0.477. The van der Waals surface area contributed by atoms with Gasteiger partial charge in [0.1, 0.15) is 0 Å². The summed E-state index contributed by atoms with van der Waals surface area (Å²) in [7, 11) is -1.56. The van der Waals surface area contributed by atoms with E-state index in [2.05, 4.69) is 93.9 Å². The van der Waals surface area contributed by atoms with Crippen LogP contribution in [0.1, 0.15) is 29.9 Å². The second-order valence-electron chi connectivity index (χ2n) is 11.5. The first-order valence-corrected chi connectivity index (χ1v) is 19.7. The van der Waals surface area contributed by atoms with Crippen molar-refractivity contribution in [2.75, 3.05) is 0 Å². The molecule has 3 heteroatoms. The lowest BCUT2D eigenvalue weighted by molar-refractivity contribution is 0.587. The van der Waals surface area contributed by atoms with Crippen LogP contribution in [0.3, 0.4) is 0 Å². The highest BCUT2D eigenvalue weighted by atomic mass is 28.3. The number of benzene rings is 2. The van der Waals surface area contributed by atoms with Crippen LogP contribution >= 0.6 is 0 Å². The summed E-state index contributed by atoms with van der Waals surface area (Å²) >= 11 is 0. The third-order valence-corrected chi connectivity index (χ3v) is 13.4. The Bertz CT molecular complexity index is 993. The zero-order valence-electron chi connectivity index (χ0n) is 19.3. The van der Waals surface area contributed by atoms with Crippen LogP contribution in [0.4, 0.5) is 0 Å². The summed E-state index contributed by atoms with van der Waals surface area (Å²) in [6.07, 6.45) is 9.55. The smallest absolute Gasteiger partial charge is 0.0776 e. The van der Waals surface area contributed by atoms with Gasteiger partial charge in [-0.25, -0.2) is 0 Å². The number of rotatable bonds is 4. The SMILES string of the molecule is C[Si](C)(C)c1ccc2c(c1)C(C1CC(C3=CC=CC3)[Si]1)c1cc([Si](C)(C)C)ccc1-2. The molecular formula is C27H34Si3. The molecule has 2 unspecified atom stereocenters. The molecule has 3 aliphatic rings. The predicted molar refractivity (Wildman–Crippen MR) is 139 cm³/mol. The van der Waals surface area contributed by atoms with E-state index in [0.717, 1.165) is 20.6 Å². The fraction of sp³-hybridized carbons (Fsp3) is 0.407. The van der Waals surface area contributed by atoms with Gasteiger partial charge >= 0.3 is 0 Å². The maximum absolute atomic E-state index is 2.62. The molecule has 0 nitrogen and oxygen atoms in total. The number of hydrogen-bond donors (Lipinski definition) is 0. The van der Waals surface area contributed by atoms with Crippen molar-refractivity contribution in [3.8, 4) is 11.1 Å². The van der Waals surface area contributed by atoms with Gasteiger partial charge in [0.05, 0.1) is 25.7 Å². The van der Waals surface area contributed by atoms with E-state index < -0.39 is 16.1 Å². The number of hydrogen-bond acceptors (Lipinski definition) is 0. The summed E-state index contributed by atoms with van der Waals surface area (Å²) in [6.45, 7) is 14.9. The zero-order chi connectivity index (χ0) is 21.3. The molecule has 2 atom stereocenters. The average molecular weight is 443 g/mol. The molecule has 0 spiro atoms. The summed E-state index contributed by atoms with van der Waals surface area (Å²) in [4.78, 5) is 0. The van der Waals surface area contributed by atoms with Crippen molar-refractivity contribution in [1.82, 2.24) is 0 Å². The molecule has 1 saturated heterocycles. The molecule has 5 rings (SSSR count). The predicted octanol–water partition coefficient (Wildman–Crippen LogP) is 6.46. The van der Waals surface area contributed by atoms with Crippen LogP contribution in [0, 0.1) is 0 Å². The molecule has 0 bridgehead atoms. The van der Waals surface area contributed by atoms with Gasteiger partial charge in [0, 0.05) is 5.92 Å². The van der Waals surface area contributed by atoms with Crippen molar-refractivity contribution in [1.29, 1.82) is 0 Å². The van der Waals surface area contributed by atoms with Crippen LogP contribution in [0.25, 0.3) is 11.1 Å². The third-order valence-electron chi connectivity index (χ3n) is 7.35. The lowest BCUT2D eigenvalue weighted by Crippen LogP contribution is -2.38. The summed E-state index contributed by atoms with van der Waals surface area (Å²) in [6, 6.07) is 15.0. The van der Waals surface area contributed by atoms with Crippen molar-refractivity contribution in [2.45, 2.75) is 69.1 Å². The van der Waals surface area contributed by atoms with E-state index in [-0.39, 0.29) is 0 Å². The van der Waals surface area contributed by atoms with E-state index in [1.165, 1.54) is 24.0 Å². The lowest BCUT2D eigenvalue weighted by Gasteiger charge is -2.40. The molecule has 0 N–H and O–H groups in total. The van der Waals surface area contributed by atoms with E-state index in [1.54, 1.807) is 27.1 Å². The number of fused-ring (bicyclic) bond motifs is 3. The first-order chi connectivity index (χ1) is 14.1. The van der Waals surface area contributed by atoms with Gasteiger partial charge in [0.2, 0.25) is 0 Å². The largest absolute Gasteiger partial charge is 0.0805 e. The van der Waals surface area contributed by atoms with Crippen LogP contribution in [0.2, 0.25) is 50.4 Å². The van der Waals surface area contributed by atoms with Crippen LogP contribution in [-0.2, 0) is 0 Å². The topological polar surface area (TPSA) is 0 Å². The molecule has 0 saturated carbocycles. The van der Waals surface area contributed by atoms with E-state index in [0.29, 0.717) is 5.92 Å². The lowest BCUT2D eigenvalue weighted by atomic mass is 9.88. The van der Waals surface area contributed by atoms with Crippen LogP contribution < -0.4 is 10.4 Å². The molecular weight excluding hydrogens is 409 g/mol. The third kappa shape index (κ3) is 3.39. The van der Waals surface area contributed by atoms with Gasteiger partial charge in [-0.2, -0.15) is 0 Å². The molecule has 0 aromatic heterocycles. The Hall–Kier alpha value is -1.43. The Morgan fingerprint density at radius 2 is 1.33 bits per heavy atom. The second-order valence-corrected chi connectivity index (χ2v) is 23.4. The Morgan fingerprint density at radius 1 is 0.800 bits per heavy atom. The monoisotopic (exact) mass is 442 g/mol. The molecule has 154 valence electrons. The van der Waals surface area contributed by atoms with Gasteiger partial charge in [-0.15, -0.1) is 0 Å². The summed E-state index contributed by atoms with van der Waals surface area (Å²) < 4.78 is 0. The van der Waals surface area contributed by atoms with Crippen molar-refractivity contribution in [2.24, 2.45) is 0 Å². The van der Waals surface area contributed by atoms with Gasteiger partial charge in [-0.1, -0.05) is 110 Å². The fourth-order valence-electron chi connectivity index (χ4n) is 5.37. The summed E-state index contributed by atoms with van der Waals surface area (Å²) in [5, 5.41) is 3.23. The first kappa shape index (κ1) is 20.5. The number of allylic oxidation sites excluding steroid dienone is 4. The van der Waals surface area contributed by atoms with E-state index >= 15 is 0 Å². The maximum Gasteiger partial charge on any atom is 0.0776 e. The zero-order valence-corrected chi connectivity index (χ0v) is 22.3. The minimum Gasteiger partial charge on any atom is -0.0805 e. The van der Waals surface area contributed by atoms with E-state index in [1.807, 2.05) is 0 Å². The van der Waals surface area contributed by atoms with Gasteiger partial charge in [-0.3, -0.25) is 0 Å². The Kier molecular flexibility index (Phi) is 4.81. The molecule has 1 fully saturated rings. The molecule has 0 amide bonds. The fourth-order valence-corrected chi connectivity index (χ4v) is 9.53. The summed E-state index contributed by atoms with van der Waals surface area (Å²) in [5.41, 5.74) is 9.69. The molecule has 1 aliphatic heterocycles. The second kappa shape index (κ2) is 7.04. The highest BCUT2D eigenvalue weighted by molar-refractivity contribution is 6.89. The highest BCUT2D eigenvalue weighted by Crippen LogP contribution is 2.57. The van der Waals surface area contributed by atoms with E-state index in [4.69, 9.17) is 0 Å². The molecule has 2 aromatic carbocycles. The molecule has 2 aromatic rings. The standard InChI is InChI=1S/C27H34Si3/c1-29(2,3)19-11-13-21-22-14-12-20(30(4,5)6)16-24(22)27(23(21)15-19)26-17-25(28-26)18-9-7-8-10-18/h7-9,11-16,25-27H,10,17H2,1-6H3. The van der Waals surface area contributed by atoms with Crippen LogP contribution in [-0.4, -0.2) is 25.7 Å². The van der Waals surface area contributed by atoms with Crippen molar-refractivity contribution >= 4 is 36.0 Å². The Morgan fingerprint density at radius 3 is 1.77 bits per heavy atom. The molecule has 1 heterocycles. The Balaban J connectivity index is 1.56. The average Bonchev–Trinajstić information content (AvgIpc) is 3.25. The summed E-state index contributed by atoms with van der Waals surface area (Å²) in [5.74, 6) is 0.618. The van der Waals surface area contributed by atoms with Crippen molar-refractivity contribution < 1.29 is 0 Å². The molecule has 2 aliphatic carbocycles. The highest BCUT2D eigenvalue weighted by Gasteiger charge is 2.43. The normalized spacial score (nSPS) is 23.2. The van der Waals surface area contributed by atoms with Gasteiger partial charge in [0.25, 0.3) is 0 Å². The van der Waals surface area contributed by atoms with Crippen molar-refractivity contribution in [3.05, 3.63) is 71.3 Å². The van der Waals surface area contributed by atoms with Crippen molar-refractivity contribution in [3.63, 3.8) is 0 Å². The van der Waals surface area contributed by atoms with Gasteiger partial charge < -0.3 is 0 Å². The molecule has 2 radical (unpaired) electrons. The Labute approximate surface area is 187 Å².